The molecule has 39 heavy (non-hydrogen) atoms. The van der Waals surface area contributed by atoms with Crippen molar-refractivity contribution >= 4 is 12.4 Å². The molecule has 0 saturated heterocycles. The number of rotatable bonds is 8. The number of hydrogen-bond donors (Lipinski definition) is 0. The minimum absolute atomic E-state index is 0.126. The fourth-order valence-electron chi connectivity index (χ4n) is 9.45. The Morgan fingerprint density at radius 1 is 1.08 bits per heavy atom. The van der Waals surface area contributed by atoms with E-state index in [2.05, 4.69) is 40.7 Å². The molecular formula is C35H50O4. The van der Waals surface area contributed by atoms with Gasteiger partial charge in [0.15, 0.2) is 0 Å². The Balaban J connectivity index is 1.21. The van der Waals surface area contributed by atoms with Gasteiger partial charge in [0, 0.05) is 12.0 Å². The second-order valence-corrected chi connectivity index (χ2v) is 14.2. The number of benzene rings is 1. The van der Waals surface area contributed by atoms with E-state index >= 15 is 0 Å². The van der Waals surface area contributed by atoms with Gasteiger partial charge in [0.2, 0.25) is 0 Å². The van der Waals surface area contributed by atoms with Gasteiger partial charge in [0.25, 0.3) is 0 Å². The van der Waals surface area contributed by atoms with Gasteiger partial charge in [-0.2, -0.15) is 0 Å². The molecule has 214 valence electrons. The van der Waals surface area contributed by atoms with E-state index in [0.717, 1.165) is 72.9 Å². The van der Waals surface area contributed by atoms with Crippen molar-refractivity contribution in [1.82, 2.24) is 0 Å². The fraction of sp³-hybridized carbons (Fsp3) is 0.714. The quantitative estimate of drug-likeness (QED) is 0.144. The summed E-state index contributed by atoms with van der Waals surface area (Å²) in [6, 6.07) is 6.54. The minimum Gasteiger partial charge on any atom is -0.430 e. The molecule has 4 aliphatic rings. The number of ether oxygens (including phenoxy) is 2. The van der Waals surface area contributed by atoms with Gasteiger partial charge in [-0.1, -0.05) is 65.5 Å². The molecule has 0 aliphatic heterocycles. The van der Waals surface area contributed by atoms with E-state index in [1.165, 1.54) is 50.5 Å². The van der Waals surface area contributed by atoms with E-state index in [0.29, 0.717) is 11.3 Å². The third-order valence-corrected chi connectivity index (χ3v) is 11.4. The van der Waals surface area contributed by atoms with Crippen LogP contribution >= 0.6 is 0 Å². The normalized spacial score (nSPS) is 36.3. The van der Waals surface area contributed by atoms with Crippen LogP contribution in [0.15, 0.2) is 35.9 Å². The Morgan fingerprint density at radius 2 is 1.85 bits per heavy atom. The van der Waals surface area contributed by atoms with Crippen LogP contribution in [0.4, 0.5) is 4.79 Å². The molecule has 1 aromatic rings. The maximum atomic E-state index is 12.5. The molecule has 9 atom stereocenters. The van der Waals surface area contributed by atoms with Gasteiger partial charge in [-0.3, -0.25) is 4.79 Å². The van der Waals surface area contributed by atoms with Crippen LogP contribution in [0.1, 0.15) is 109 Å². The van der Waals surface area contributed by atoms with Crippen molar-refractivity contribution in [2.24, 2.45) is 52.8 Å². The zero-order valence-electron chi connectivity index (χ0n) is 24.9. The first-order chi connectivity index (χ1) is 18.7. The van der Waals surface area contributed by atoms with E-state index in [1.807, 2.05) is 0 Å². The largest absolute Gasteiger partial charge is 0.514 e. The summed E-state index contributed by atoms with van der Waals surface area (Å²) in [5.74, 6) is 7.19. The molecule has 0 spiro atoms. The van der Waals surface area contributed by atoms with Gasteiger partial charge in [-0.15, -0.1) is 0 Å². The summed E-state index contributed by atoms with van der Waals surface area (Å²) in [5.41, 5.74) is 2.31. The molecule has 0 bridgehead atoms. The topological polar surface area (TPSA) is 52.6 Å². The standard InChI is InChI=1S/C35H50O4/c1-22(2)7-6-8-23(3)29-15-16-31-30-14-11-26-20-28(17-18-35(26,5)32(30)19-24(4)33(29)31)39-34(37)38-27-12-9-25(21-36)10-13-27/h9-13,21-24,28-33H,6-8,14-20H2,1-5H3. The van der Waals surface area contributed by atoms with Crippen molar-refractivity contribution in [2.45, 2.75) is 105 Å². The van der Waals surface area contributed by atoms with Gasteiger partial charge in [-0.25, -0.2) is 4.79 Å². The Hall–Kier alpha value is -2.10. The number of hydrogen-bond acceptors (Lipinski definition) is 4. The van der Waals surface area contributed by atoms with Crippen molar-refractivity contribution in [3.63, 3.8) is 0 Å². The number of aldehydes is 1. The molecule has 5 rings (SSSR count). The zero-order valence-corrected chi connectivity index (χ0v) is 24.9. The first-order valence-electron chi connectivity index (χ1n) is 15.8. The van der Waals surface area contributed by atoms with Crippen LogP contribution in [-0.4, -0.2) is 18.5 Å². The van der Waals surface area contributed by atoms with E-state index in [-0.39, 0.29) is 11.5 Å². The second-order valence-electron chi connectivity index (χ2n) is 14.2. The average molecular weight is 535 g/mol. The third-order valence-electron chi connectivity index (χ3n) is 11.4. The minimum atomic E-state index is -0.648. The Morgan fingerprint density at radius 3 is 2.56 bits per heavy atom. The first kappa shape index (κ1) is 28.4. The van der Waals surface area contributed by atoms with Gasteiger partial charge in [0.05, 0.1) is 0 Å². The Kier molecular flexibility index (Phi) is 8.59. The summed E-state index contributed by atoms with van der Waals surface area (Å²) in [7, 11) is 0. The molecule has 0 N–H and O–H groups in total. The van der Waals surface area contributed by atoms with Crippen molar-refractivity contribution in [3.05, 3.63) is 41.5 Å². The van der Waals surface area contributed by atoms with E-state index in [4.69, 9.17) is 9.47 Å². The second kappa shape index (κ2) is 11.8. The lowest BCUT2D eigenvalue weighted by molar-refractivity contribution is -0.0448. The van der Waals surface area contributed by atoms with Gasteiger partial charge >= 0.3 is 6.16 Å². The molecule has 1 aromatic carbocycles. The molecule has 4 nitrogen and oxygen atoms in total. The van der Waals surface area contributed by atoms with Crippen LogP contribution in [0, 0.1) is 52.8 Å². The molecule has 9 unspecified atom stereocenters. The lowest BCUT2D eigenvalue weighted by Gasteiger charge is -2.57. The van der Waals surface area contributed by atoms with Crippen molar-refractivity contribution in [3.8, 4) is 5.75 Å². The maximum Gasteiger partial charge on any atom is 0.514 e. The number of carbonyl (C=O) groups excluding carboxylic acids is 2. The van der Waals surface area contributed by atoms with Crippen LogP contribution in [0.3, 0.4) is 0 Å². The summed E-state index contributed by atoms with van der Waals surface area (Å²) in [4.78, 5) is 23.4. The summed E-state index contributed by atoms with van der Waals surface area (Å²) < 4.78 is 11.2. The van der Waals surface area contributed by atoms with Crippen molar-refractivity contribution in [2.75, 3.05) is 0 Å². The lowest BCUT2D eigenvalue weighted by Crippen LogP contribution is -2.50. The molecule has 4 heteroatoms. The maximum absolute atomic E-state index is 12.5. The first-order valence-corrected chi connectivity index (χ1v) is 15.8. The number of carbonyl (C=O) groups is 2. The summed E-state index contributed by atoms with van der Waals surface area (Å²) >= 11 is 0. The Labute approximate surface area is 236 Å². The predicted octanol–water partition coefficient (Wildman–Crippen LogP) is 9.28. The number of allylic oxidation sites excluding steroid dienone is 1. The molecule has 3 fully saturated rings. The highest BCUT2D eigenvalue weighted by molar-refractivity contribution is 5.75. The third kappa shape index (κ3) is 5.86. The molecule has 0 amide bonds. The molecule has 4 aliphatic carbocycles. The molecule has 0 heterocycles. The monoisotopic (exact) mass is 534 g/mol. The van der Waals surface area contributed by atoms with E-state index in [9.17, 15) is 9.59 Å². The van der Waals surface area contributed by atoms with Crippen LogP contribution in [-0.2, 0) is 4.74 Å². The average Bonchev–Trinajstić information content (AvgIpc) is 3.36. The van der Waals surface area contributed by atoms with Crippen molar-refractivity contribution < 1.29 is 19.1 Å². The predicted molar refractivity (Wildman–Crippen MR) is 156 cm³/mol. The van der Waals surface area contributed by atoms with Crippen LogP contribution in [0.2, 0.25) is 0 Å². The van der Waals surface area contributed by atoms with E-state index < -0.39 is 6.16 Å². The smallest absolute Gasteiger partial charge is 0.430 e. The van der Waals surface area contributed by atoms with Gasteiger partial charge < -0.3 is 9.47 Å². The molecule has 0 radical (unpaired) electrons. The molecule has 0 aromatic heterocycles. The van der Waals surface area contributed by atoms with E-state index in [1.54, 1.807) is 24.3 Å². The van der Waals surface area contributed by atoms with Gasteiger partial charge in [-0.05, 0) is 116 Å². The highest BCUT2D eigenvalue weighted by atomic mass is 16.7. The summed E-state index contributed by atoms with van der Waals surface area (Å²) in [6.45, 7) is 12.4. The van der Waals surface area contributed by atoms with Crippen molar-refractivity contribution in [1.29, 1.82) is 0 Å². The SMILES string of the molecule is CC(C)CCCC(C)C1CCC2C3CC=C4CC(OC(=O)Oc5ccc(C=O)cc5)CCC4(C)C3CC(C)C12. The highest BCUT2D eigenvalue weighted by Crippen LogP contribution is 2.64. The fourth-order valence-corrected chi connectivity index (χ4v) is 9.45. The lowest BCUT2D eigenvalue weighted by atomic mass is 9.48. The Bertz CT molecular complexity index is 1040. The van der Waals surface area contributed by atoms with Gasteiger partial charge in [0.1, 0.15) is 18.1 Å². The van der Waals surface area contributed by atoms with Crippen LogP contribution in [0.5, 0.6) is 5.75 Å². The number of fused-ring (bicyclic) bond motifs is 5. The summed E-state index contributed by atoms with van der Waals surface area (Å²) in [6.07, 6.45) is 15.0. The zero-order chi connectivity index (χ0) is 27.7. The molecule has 3 saturated carbocycles. The van der Waals surface area contributed by atoms with Crippen LogP contribution < -0.4 is 4.74 Å². The summed E-state index contributed by atoms with van der Waals surface area (Å²) in [5, 5.41) is 0. The molecular weight excluding hydrogens is 484 g/mol. The highest BCUT2D eigenvalue weighted by Gasteiger charge is 2.56. The van der Waals surface area contributed by atoms with Crippen LogP contribution in [0.25, 0.3) is 0 Å².